The summed E-state index contributed by atoms with van der Waals surface area (Å²) < 4.78 is 0. The van der Waals surface area contributed by atoms with Crippen molar-refractivity contribution in [3.8, 4) is 0 Å². The van der Waals surface area contributed by atoms with Gasteiger partial charge in [0.15, 0.2) is 0 Å². The maximum absolute atomic E-state index is 6.35. The first-order valence-electron chi connectivity index (χ1n) is 5.97. The van der Waals surface area contributed by atoms with Crippen LogP contribution in [0, 0.1) is 20.8 Å². The molecular weight excluding hydrogens is 206 g/mol. The number of rotatable bonds is 2. The second-order valence-electron chi connectivity index (χ2n) is 4.75. The van der Waals surface area contributed by atoms with Crippen LogP contribution < -0.4 is 5.73 Å². The van der Waals surface area contributed by atoms with Crippen LogP contribution in [0.3, 0.4) is 0 Å². The molecule has 0 saturated carbocycles. The first-order chi connectivity index (χ1) is 8.08. The van der Waals surface area contributed by atoms with Crippen LogP contribution in [0.15, 0.2) is 42.5 Å². The van der Waals surface area contributed by atoms with Gasteiger partial charge in [-0.3, -0.25) is 0 Å². The fourth-order valence-corrected chi connectivity index (χ4v) is 2.14. The summed E-state index contributed by atoms with van der Waals surface area (Å²) in [4.78, 5) is 0. The summed E-state index contributed by atoms with van der Waals surface area (Å²) in [6.07, 6.45) is 0. The smallest absolute Gasteiger partial charge is 0.0554 e. The molecule has 0 aliphatic carbocycles. The molecule has 0 fully saturated rings. The highest BCUT2D eigenvalue weighted by Crippen LogP contribution is 2.24. The van der Waals surface area contributed by atoms with Crippen LogP contribution in [-0.4, -0.2) is 0 Å². The van der Waals surface area contributed by atoms with Gasteiger partial charge in [0.2, 0.25) is 0 Å². The van der Waals surface area contributed by atoms with Crippen LogP contribution in [-0.2, 0) is 0 Å². The van der Waals surface area contributed by atoms with Crippen LogP contribution in [0.5, 0.6) is 0 Å². The van der Waals surface area contributed by atoms with E-state index in [0.29, 0.717) is 0 Å². The van der Waals surface area contributed by atoms with Gasteiger partial charge in [-0.15, -0.1) is 0 Å². The van der Waals surface area contributed by atoms with E-state index in [-0.39, 0.29) is 6.04 Å². The molecule has 0 spiro atoms. The SMILES string of the molecule is Cc1cccc(C(N)c2cc(C)ccc2C)c1. The van der Waals surface area contributed by atoms with Crippen LogP contribution >= 0.6 is 0 Å². The number of nitrogens with two attached hydrogens (primary N) is 1. The lowest BCUT2D eigenvalue weighted by atomic mass is 9.93. The summed E-state index contributed by atoms with van der Waals surface area (Å²) in [5.41, 5.74) is 12.5. The van der Waals surface area contributed by atoms with E-state index >= 15 is 0 Å². The van der Waals surface area contributed by atoms with E-state index in [2.05, 4.69) is 63.2 Å². The van der Waals surface area contributed by atoms with E-state index in [9.17, 15) is 0 Å². The fourth-order valence-electron chi connectivity index (χ4n) is 2.14. The van der Waals surface area contributed by atoms with Gasteiger partial charge in [-0.1, -0.05) is 53.6 Å². The van der Waals surface area contributed by atoms with Gasteiger partial charge < -0.3 is 5.73 Å². The van der Waals surface area contributed by atoms with Crippen molar-refractivity contribution in [3.05, 3.63) is 70.3 Å². The normalized spacial score (nSPS) is 12.5. The predicted molar refractivity (Wildman–Crippen MR) is 73.1 cm³/mol. The van der Waals surface area contributed by atoms with E-state index in [0.717, 1.165) is 0 Å². The van der Waals surface area contributed by atoms with Gasteiger partial charge in [0, 0.05) is 0 Å². The Morgan fingerprint density at radius 3 is 2.29 bits per heavy atom. The fraction of sp³-hybridized carbons (Fsp3) is 0.250. The van der Waals surface area contributed by atoms with Gasteiger partial charge >= 0.3 is 0 Å². The minimum atomic E-state index is -0.0326. The molecule has 0 amide bonds. The highest BCUT2D eigenvalue weighted by Gasteiger charge is 2.11. The molecule has 2 rings (SSSR count). The molecule has 0 aliphatic rings. The van der Waals surface area contributed by atoms with Crippen LogP contribution in [0.4, 0.5) is 0 Å². The summed E-state index contributed by atoms with van der Waals surface area (Å²) in [5.74, 6) is 0. The summed E-state index contributed by atoms with van der Waals surface area (Å²) in [6, 6.07) is 14.8. The number of benzene rings is 2. The molecular formula is C16H19N. The van der Waals surface area contributed by atoms with Gasteiger partial charge in [0.05, 0.1) is 6.04 Å². The van der Waals surface area contributed by atoms with Crippen LogP contribution in [0.1, 0.15) is 33.9 Å². The third-order valence-electron chi connectivity index (χ3n) is 3.17. The summed E-state index contributed by atoms with van der Waals surface area (Å²) in [6.45, 7) is 6.32. The van der Waals surface area contributed by atoms with Crippen molar-refractivity contribution >= 4 is 0 Å². The Hall–Kier alpha value is -1.60. The Balaban J connectivity index is 2.43. The zero-order valence-electron chi connectivity index (χ0n) is 10.7. The van der Waals surface area contributed by atoms with Crippen LogP contribution in [0.25, 0.3) is 0 Å². The third-order valence-corrected chi connectivity index (χ3v) is 3.17. The zero-order chi connectivity index (χ0) is 12.4. The first kappa shape index (κ1) is 11.9. The number of hydrogen-bond acceptors (Lipinski definition) is 1. The molecule has 0 radical (unpaired) electrons. The van der Waals surface area contributed by atoms with Crippen molar-refractivity contribution in [1.82, 2.24) is 0 Å². The molecule has 88 valence electrons. The third kappa shape index (κ3) is 2.56. The van der Waals surface area contributed by atoms with E-state index in [1.807, 2.05) is 0 Å². The number of aryl methyl sites for hydroxylation is 3. The van der Waals surface area contributed by atoms with Gasteiger partial charge in [-0.25, -0.2) is 0 Å². The minimum absolute atomic E-state index is 0.0326. The molecule has 0 saturated heterocycles. The monoisotopic (exact) mass is 225 g/mol. The van der Waals surface area contributed by atoms with Gasteiger partial charge in [-0.05, 0) is 37.5 Å². The van der Waals surface area contributed by atoms with Crippen molar-refractivity contribution in [2.45, 2.75) is 26.8 Å². The van der Waals surface area contributed by atoms with Crippen molar-refractivity contribution in [1.29, 1.82) is 0 Å². The van der Waals surface area contributed by atoms with Crippen molar-refractivity contribution in [2.75, 3.05) is 0 Å². The highest BCUT2D eigenvalue weighted by molar-refractivity contribution is 5.39. The highest BCUT2D eigenvalue weighted by atomic mass is 14.6. The molecule has 1 nitrogen and oxygen atoms in total. The maximum atomic E-state index is 6.35. The second-order valence-corrected chi connectivity index (χ2v) is 4.75. The Bertz CT molecular complexity index is 529. The molecule has 2 aromatic rings. The average Bonchev–Trinajstić information content (AvgIpc) is 2.31. The minimum Gasteiger partial charge on any atom is -0.320 e. The first-order valence-corrected chi connectivity index (χ1v) is 5.97. The molecule has 0 aromatic heterocycles. The van der Waals surface area contributed by atoms with Crippen molar-refractivity contribution in [2.24, 2.45) is 5.73 Å². The molecule has 2 aromatic carbocycles. The van der Waals surface area contributed by atoms with E-state index in [1.54, 1.807) is 0 Å². The molecule has 0 heterocycles. The van der Waals surface area contributed by atoms with Gasteiger partial charge in [0.1, 0.15) is 0 Å². The lowest BCUT2D eigenvalue weighted by Crippen LogP contribution is -2.13. The van der Waals surface area contributed by atoms with Gasteiger partial charge in [0.25, 0.3) is 0 Å². The Morgan fingerprint density at radius 2 is 1.59 bits per heavy atom. The predicted octanol–water partition coefficient (Wildman–Crippen LogP) is 3.66. The molecule has 1 unspecified atom stereocenters. The molecule has 1 heteroatoms. The Kier molecular flexibility index (Phi) is 3.30. The maximum Gasteiger partial charge on any atom is 0.0554 e. The van der Waals surface area contributed by atoms with Crippen molar-refractivity contribution in [3.63, 3.8) is 0 Å². The molecule has 0 aliphatic heterocycles. The Morgan fingerprint density at radius 1 is 0.882 bits per heavy atom. The summed E-state index contributed by atoms with van der Waals surface area (Å²) in [7, 11) is 0. The molecule has 17 heavy (non-hydrogen) atoms. The average molecular weight is 225 g/mol. The van der Waals surface area contributed by atoms with Crippen LogP contribution in [0.2, 0.25) is 0 Å². The topological polar surface area (TPSA) is 26.0 Å². The second kappa shape index (κ2) is 4.72. The lowest BCUT2D eigenvalue weighted by molar-refractivity contribution is 0.858. The zero-order valence-corrected chi connectivity index (χ0v) is 10.7. The van der Waals surface area contributed by atoms with E-state index in [1.165, 1.54) is 27.8 Å². The van der Waals surface area contributed by atoms with E-state index in [4.69, 9.17) is 5.73 Å². The molecule has 0 bridgehead atoms. The number of hydrogen-bond donors (Lipinski definition) is 1. The molecule has 1 atom stereocenters. The molecule has 2 N–H and O–H groups in total. The van der Waals surface area contributed by atoms with Crippen molar-refractivity contribution < 1.29 is 0 Å². The summed E-state index contributed by atoms with van der Waals surface area (Å²) >= 11 is 0. The van der Waals surface area contributed by atoms with Gasteiger partial charge in [-0.2, -0.15) is 0 Å². The Labute approximate surface area is 103 Å². The van der Waals surface area contributed by atoms with E-state index < -0.39 is 0 Å². The lowest BCUT2D eigenvalue weighted by Gasteiger charge is -2.16. The standard InChI is InChI=1S/C16H19N/c1-11-5-4-6-14(9-11)16(17)15-10-12(2)7-8-13(15)3/h4-10,16H,17H2,1-3H3. The quantitative estimate of drug-likeness (QED) is 0.829. The summed E-state index contributed by atoms with van der Waals surface area (Å²) in [5, 5.41) is 0. The largest absolute Gasteiger partial charge is 0.320 e.